The molecule has 0 heterocycles. The summed E-state index contributed by atoms with van der Waals surface area (Å²) < 4.78 is 5.11. The maximum absolute atomic E-state index is 11.1. The van der Waals surface area contributed by atoms with Gasteiger partial charge in [0.15, 0.2) is 0 Å². The van der Waals surface area contributed by atoms with Crippen LogP contribution in [0.4, 0.5) is 0 Å². The lowest BCUT2D eigenvalue weighted by Crippen LogP contribution is -2.14. The van der Waals surface area contributed by atoms with Crippen LogP contribution in [0.2, 0.25) is 0 Å². The molecule has 0 fully saturated rings. The fourth-order valence-corrected chi connectivity index (χ4v) is 1.71. The fourth-order valence-electron chi connectivity index (χ4n) is 1.71. The smallest absolute Gasteiger partial charge is 0.333 e. The summed E-state index contributed by atoms with van der Waals surface area (Å²) >= 11 is 0. The molecular weight excluding hydrogens is 188 g/mol. The van der Waals surface area contributed by atoms with Crippen molar-refractivity contribution in [2.45, 2.75) is 47.0 Å². The van der Waals surface area contributed by atoms with E-state index >= 15 is 0 Å². The lowest BCUT2D eigenvalue weighted by molar-refractivity contribution is -0.140. The third kappa shape index (κ3) is 7.18. The highest BCUT2D eigenvalue weighted by Crippen LogP contribution is 2.17. The van der Waals surface area contributed by atoms with Crippen molar-refractivity contribution in [1.29, 1.82) is 0 Å². The zero-order valence-electron chi connectivity index (χ0n) is 10.5. The monoisotopic (exact) mass is 212 g/mol. The molecule has 0 aliphatic heterocycles. The van der Waals surface area contributed by atoms with Crippen molar-refractivity contribution in [3.63, 3.8) is 0 Å². The van der Waals surface area contributed by atoms with Crippen LogP contribution in [-0.2, 0) is 9.53 Å². The Balaban J connectivity index is 3.70. The van der Waals surface area contributed by atoms with Crippen LogP contribution in [0.1, 0.15) is 47.0 Å². The van der Waals surface area contributed by atoms with E-state index in [9.17, 15) is 4.79 Å². The summed E-state index contributed by atoms with van der Waals surface area (Å²) in [6.45, 7) is 12.3. The van der Waals surface area contributed by atoms with Crippen molar-refractivity contribution in [3.8, 4) is 0 Å². The first kappa shape index (κ1) is 14.2. The Labute approximate surface area is 93.7 Å². The van der Waals surface area contributed by atoms with E-state index in [-0.39, 0.29) is 5.97 Å². The molecule has 0 N–H and O–H groups in total. The van der Waals surface area contributed by atoms with E-state index in [1.165, 1.54) is 12.8 Å². The molecule has 0 radical (unpaired) electrons. The van der Waals surface area contributed by atoms with E-state index in [1.54, 1.807) is 6.92 Å². The molecule has 88 valence electrons. The van der Waals surface area contributed by atoms with Gasteiger partial charge in [0, 0.05) is 5.57 Å². The number of carbonyl (C=O) groups excluding carboxylic acids is 1. The molecule has 0 aromatic carbocycles. The summed E-state index contributed by atoms with van der Waals surface area (Å²) in [6, 6.07) is 0. The largest absolute Gasteiger partial charge is 0.462 e. The lowest BCUT2D eigenvalue weighted by atomic mass is 9.94. The van der Waals surface area contributed by atoms with Gasteiger partial charge in [0.2, 0.25) is 0 Å². The fraction of sp³-hybridized carbons (Fsp3) is 0.769. The zero-order valence-corrected chi connectivity index (χ0v) is 10.5. The van der Waals surface area contributed by atoms with Gasteiger partial charge in [-0.1, -0.05) is 40.2 Å². The van der Waals surface area contributed by atoms with Gasteiger partial charge in [-0.05, 0) is 25.2 Å². The molecule has 0 bridgehead atoms. The molecule has 15 heavy (non-hydrogen) atoms. The number of carbonyl (C=O) groups is 1. The number of rotatable bonds is 7. The number of hydrogen-bond donors (Lipinski definition) is 0. The molecule has 2 atom stereocenters. The second-order valence-corrected chi connectivity index (χ2v) is 4.61. The van der Waals surface area contributed by atoms with E-state index in [0.717, 1.165) is 6.42 Å². The van der Waals surface area contributed by atoms with Gasteiger partial charge in [-0.2, -0.15) is 0 Å². The van der Waals surface area contributed by atoms with Crippen molar-refractivity contribution in [3.05, 3.63) is 12.2 Å². The molecule has 0 saturated carbocycles. The Hall–Kier alpha value is -0.790. The molecule has 2 nitrogen and oxygen atoms in total. The van der Waals surface area contributed by atoms with Crippen molar-refractivity contribution in [2.24, 2.45) is 11.8 Å². The van der Waals surface area contributed by atoms with Crippen molar-refractivity contribution >= 4 is 5.97 Å². The van der Waals surface area contributed by atoms with Crippen LogP contribution < -0.4 is 0 Å². The average molecular weight is 212 g/mol. The zero-order chi connectivity index (χ0) is 11.8. The van der Waals surface area contributed by atoms with E-state index in [2.05, 4.69) is 27.4 Å². The Morgan fingerprint density at radius 2 is 1.93 bits per heavy atom. The molecule has 0 rings (SSSR count). The third-order valence-electron chi connectivity index (χ3n) is 2.43. The molecule has 0 amide bonds. The Kier molecular flexibility index (Phi) is 7.10. The minimum absolute atomic E-state index is 0.273. The average Bonchev–Trinajstić information content (AvgIpc) is 2.14. The molecule has 2 heteroatoms. The Bertz CT molecular complexity index is 209. The van der Waals surface area contributed by atoms with E-state index in [4.69, 9.17) is 4.74 Å². The van der Waals surface area contributed by atoms with Gasteiger partial charge < -0.3 is 4.74 Å². The minimum atomic E-state index is -0.273. The highest BCUT2D eigenvalue weighted by molar-refractivity contribution is 5.86. The number of hydrogen-bond acceptors (Lipinski definition) is 2. The summed E-state index contributed by atoms with van der Waals surface area (Å²) in [4.78, 5) is 11.1. The maximum atomic E-state index is 11.1. The Morgan fingerprint density at radius 3 is 2.40 bits per heavy atom. The topological polar surface area (TPSA) is 26.3 Å². The predicted octanol–water partition coefficient (Wildman–Crippen LogP) is 3.57. The van der Waals surface area contributed by atoms with Crippen LogP contribution in [0.25, 0.3) is 0 Å². The Morgan fingerprint density at radius 1 is 1.33 bits per heavy atom. The summed E-state index contributed by atoms with van der Waals surface area (Å²) in [5.41, 5.74) is 0.476. The normalized spacial score (nSPS) is 14.4. The third-order valence-corrected chi connectivity index (χ3v) is 2.43. The van der Waals surface area contributed by atoms with Gasteiger partial charge in [-0.25, -0.2) is 4.79 Å². The molecule has 0 aliphatic carbocycles. The quantitative estimate of drug-likeness (QED) is 0.476. The lowest BCUT2D eigenvalue weighted by Gasteiger charge is -2.16. The standard InChI is InChI=1S/C13H24O2/c1-6-7-11(4)8-12(5)9-15-13(14)10(2)3/h11-12H,2,6-9H2,1,3-5H3. The predicted molar refractivity (Wildman–Crippen MR) is 63.6 cm³/mol. The van der Waals surface area contributed by atoms with Crippen molar-refractivity contribution in [2.75, 3.05) is 6.61 Å². The van der Waals surface area contributed by atoms with Gasteiger partial charge in [-0.3, -0.25) is 0 Å². The number of ether oxygens (including phenoxy) is 1. The van der Waals surface area contributed by atoms with Crippen LogP contribution in [0.15, 0.2) is 12.2 Å². The second kappa shape index (κ2) is 7.49. The summed E-state index contributed by atoms with van der Waals surface area (Å²) in [5.74, 6) is 0.883. The van der Waals surface area contributed by atoms with E-state index in [0.29, 0.717) is 24.0 Å². The maximum Gasteiger partial charge on any atom is 0.333 e. The van der Waals surface area contributed by atoms with Crippen molar-refractivity contribution < 1.29 is 9.53 Å². The highest BCUT2D eigenvalue weighted by atomic mass is 16.5. The molecule has 0 aliphatic rings. The van der Waals surface area contributed by atoms with Crippen molar-refractivity contribution in [1.82, 2.24) is 0 Å². The van der Waals surface area contributed by atoms with Gasteiger partial charge >= 0.3 is 5.97 Å². The minimum Gasteiger partial charge on any atom is -0.462 e. The van der Waals surface area contributed by atoms with Crippen LogP contribution in [-0.4, -0.2) is 12.6 Å². The number of esters is 1. The van der Waals surface area contributed by atoms with Crippen LogP contribution in [0, 0.1) is 11.8 Å². The molecular formula is C13H24O2. The SMILES string of the molecule is C=C(C)C(=O)OCC(C)CC(C)CCC. The van der Waals surface area contributed by atoms with Gasteiger partial charge in [0.05, 0.1) is 6.61 Å². The van der Waals surface area contributed by atoms with Crippen LogP contribution in [0.5, 0.6) is 0 Å². The van der Waals surface area contributed by atoms with Crippen LogP contribution >= 0.6 is 0 Å². The van der Waals surface area contributed by atoms with E-state index in [1.807, 2.05) is 0 Å². The molecule has 2 unspecified atom stereocenters. The summed E-state index contributed by atoms with van der Waals surface area (Å²) in [6.07, 6.45) is 3.59. The summed E-state index contributed by atoms with van der Waals surface area (Å²) in [7, 11) is 0. The molecule has 0 saturated heterocycles. The van der Waals surface area contributed by atoms with E-state index < -0.39 is 0 Å². The first-order valence-corrected chi connectivity index (χ1v) is 5.80. The highest BCUT2D eigenvalue weighted by Gasteiger charge is 2.11. The summed E-state index contributed by atoms with van der Waals surface area (Å²) in [5, 5.41) is 0. The van der Waals surface area contributed by atoms with Crippen LogP contribution in [0.3, 0.4) is 0 Å². The second-order valence-electron chi connectivity index (χ2n) is 4.61. The first-order chi connectivity index (χ1) is 6.97. The van der Waals surface area contributed by atoms with Gasteiger partial charge in [-0.15, -0.1) is 0 Å². The van der Waals surface area contributed by atoms with Gasteiger partial charge in [0.25, 0.3) is 0 Å². The van der Waals surface area contributed by atoms with Gasteiger partial charge in [0.1, 0.15) is 0 Å². The molecule has 0 spiro atoms. The molecule has 0 aromatic rings. The molecule has 0 aromatic heterocycles. The first-order valence-electron chi connectivity index (χ1n) is 5.80.